The molecular formula is C19H17ClN2O3S. The van der Waals surface area contributed by atoms with Gasteiger partial charge < -0.3 is 4.74 Å². The predicted molar refractivity (Wildman–Crippen MR) is 102 cm³/mol. The van der Waals surface area contributed by atoms with Gasteiger partial charge in [-0.15, -0.1) is 0 Å². The van der Waals surface area contributed by atoms with Crippen molar-refractivity contribution in [2.24, 2.45) is 0 Å². The summed E-state index contributed by atoms with van der Waals surface area (Å²) < 4.78 is 29.7. The quantitative estimate of drug-likeness (QED) is 0.653. The Morgan fingerprint density at radius 2 is 1.62 bits per heavy atom. The number of halogens is 1. The maximum atomic E-state index is 12.1. The molecule has 5 nitrogen and oxygen atoms in total. The lowest BCUT2D eigenvalue weighted by atomic mass is 10.1. The number of sulfone groups is 1. The van der Waals surface area contributed by atoms with Crippen LogP contribution in [0.15, 0.2) is 59.6 Å². The average molecular weight is 389 g/mol. The average Bonchev–Trinajstić information content (AvgIpc) is 2.62. The molecule has 1 heterocycles. The summed E-state index contributed by atoms with van der Waals surface area (Å²) in [6.07, 6.45) is 2.49. The van der Waals surface area contributed by atoms with Crippen molar-refractivity contribution in [3.8, 4) is 28.4 Å². The zero-order valence-electron chi connectivity index (χ0n) is 14.3. The minimum Gasteiger partial charge on any atom is -0.494 e. The Morgan fingerprint density at radius 1 is 1.00 bits per heavy atom. The summed E-state index contributed by atoms with van der Waals surface area (Å²) >= 11 is 5.93. The molecule has 0 saturated carbocycles. The van der Waals surface area contributed by atoms with Crippen LogP contribution in [0, 0.1) is 0 Å². The van der Waals surface area contributed by atoms with Crippen molar-refractivity contribution in [1.29, 1.82) is 0 Å². The van der Waals surface area contributed by atoms with Crippen molar-refractivity contribution in [1.82, 2.24) is 9.97 Å². The first-order valence-electron chi connectivity index (χ1n) is 7.95. The lowest BCUT2D eigenvalue weighted by molar-refractivity contribution is 0.340. The van der Waals surface area contributed by atoms with Gasteiger partial charge in [0.25, 0.3) is 0 Å². The molecule has 0 bridgehead atoms. The van der Waals surface area contributed by atoms with Crippen LogP contribution >= 0.6 is 11.6 Å². The van der Waals surface area contributed by atoms with Crippen LogP contribution in [-0.4, -0.2) is 31.2 Å². The van der Waals surface area contributed by atoms with E-state index in [0.717, 1.165) is 17.6 Å². The van der Waals surface area contributed by atoms with Gasteiger partial charge in [-0.3, -0.25) is 0 Å². The maximum Gasteiger partial charge on any atom is 0.179 e. The van der Waals surface area contributed by atoms with E-state index in [9.17, 15) is 8.42 Å². The van der Waals surface area contributed by atoms with Crippen molar-refractivity contribution >= 4 is 21.4 Å². The highest BCUT2D eigenvalue weighted by Gasteiger charge is 2.18. The number of ether oxygens (including phenoxy) is 1. The minimum atomic E-state index is -3.48. The summed E-state index contributed by atoms with van der Waals surface area (Å²) in [5, 5.41) is 0.565. The van der Waals surface area contributed by atoms with Crippen molar-refractivity contribution in [2.45, 2.75) is 11.8 Å². The lowest BCUT2D eigenvalue weighted by Crippen LogP contribution is -2.04. The van der Waals surface area contributed by atoms with Crippen LogP contribution in [0.2, 0.25) is 5.02 Å². The second-order valence-electron chi connectivity index (χ2n) is 5.64. The van der Waals surface area contributed by atoms with Crippen LogP contribution in [-0.2, 0) is 9.84 Å². The van der Waals surface area contributed by atoms with Crippen molar-refractivity contribution in [2.75, 3.05) is 12.9 Å². The largest absolute Gasteiger partial charge is 0.494 e. The molecule has 3 aromatic rings. The van der Waals surface area contributed by atoms with Crippen molar-refractivity contribution in [3.05, 3.63) is 59.8 Å². The van der Waals surface area contributed by atoms with Gasteiger partial charge in [0.15, 0.2) is 15.7 Å². The molecule has 0 aliphatic carbocycles. The smallest absolute Gasteiger partial charge is 0.179 e. The zero-order chi connectivity index (χ0) is 18.7. The third-order valence-electron chi connectivity index (χ3n) is 3.70. The highest BCUT2D eigenvalue weighted by Crippen LogP contribution is 2.29. The standard InChI is InChI=1S/C19H17ClN2O3S/c1-3-25-16-10-6-14(7-11-16)19-21-12-17(26(2,23)24)18(22-19)13-4-8-15(20)9-5-13/h4-12H,3H2,1-2H3. The van der Waals surface area contributed by atoms with Crippen LogP contribution in [0.3, 0.4) is 0 Å². The molecule has 0 aliphatic heterocycles. The number of rotatable bonds is 5. The molecule has 134 valence electrons. The van der Waals surface area contributed by atoms with Gasteiger partial charge in [-0.2, -0.15) is 0 Å². The van der Waals surface area contributed by atoms with Crippen LogP contribution in [0.5, 0.6) is 5.75 Å². The lowest BCUT2D eigenvalue weighted by Gasteiger charge is -2.10. The highest BCUT2D eigenvalue weighted by molar-refractivity contribution is 7.90. The molecule has 0 radical (unpaired) electrons. The van der Waals surface area contributed by atoms with E-state index in [1.54, 1.807) is 24.3 Å². The highest BCUT2D eigenvalue weighted by atomic mass is 35.5. The normalized spacial score (nSPS) is 11.3. The van der Waals surface area contributed by atoms with Gasteiger partial charge in [-0.25, -0.2) is 18.4 Å². The second kappa shape index (κ2) is 7.43. The van der Waals surface area contributed by atoms with Gasteiger partial charge in [0.05, 0.1) is 18.5 Å². The number of hydrogen-bond acceptors (Lipinski definition) is 5. The van der Waals surface area contributed by atoms with Gasteiger partial charge in [-0.1, -0.05) is 23.7 Å². The van der Waals surface area contributed by atoms with Crippen LogP contribution in [0.25, 0.3) is 22.6 Å². The van der Waals surface area contributed by atoms with E-state index in [0.29, 0.717) is 28.7 Å². The number of aromatic nitrogens is 2. The third-order valence-corrected chi connectivity index (χ3v) is 5.05. The Kier molecular flexibility index (Phi) is 5.25. The fourth-order valence-electron chi connectivity index (χ4n) is 2.46. The number of nitrogens with zero attached hydrogens (tertiary/aromatic N) is 2. The second-order valence-corrected chi connectivity index (χ2v) is 8.06. The van der Waals surface area contributed by atoms with Gasteiger partial charge in [0, 0.05) is 22.4 Å². The first kappa shape index (κ1) is 18.4. The van der Waals surface area contributed by atoms with E-state index in [1.807, 2.05) is 31.2 Å². The zero-order valence-corrected chi connectivity index (χ0v) is 15.9. The van der Waals surface area contributed by atoms with E-state index in [2.05, 4.69) is 9.97 Å². The Bertz CT molecular complexity index is 1020. The molecule has 3 rings (SSSR count). The van der Waals surface area contributed by atoms with E-state index < -0.39 is 9.84 Å². The van der Waals surface area contributed by atoms with Gasteiger partial charge in [0.2, 0.25) is 0 Å². The molecule has 26 heavy (non-hydrogen) atoms. The molecular weight excluding hydrogens is 372 g/mol. The Labute approximate surface area is 157 Å². The Hall–Kier alpha value is -2.44. The van der Waals surface area contributed by atoms with E-state index in [1.165, 1.54) is 6.20 Å². The summed E-state index contributed by atoms with van der Waals surface area (Å²) in [4.78, 5) is 8.83. The Morgan fingerprint density at radius 3 is 2.19 bits per heavy atom. The van der Waals surface area contributed by atoms with Crippen LogP contribution in [0.1, 0.15) is 6.92 Å². The fraction of sp³-hybridized carbons (Fsp3) is 0.158. The summed E-state index contributed by atoms with van der Waals surface area (Å²) in [6, 6.07) is 14.2. The van der Waals surface area contributed by atoms with Gasteiger partial charge in [-0.05, 0) is 43.3 Å². The molecule has 0 fully saturated rings. The monoisotopic (exact) mass is 388 g/mol. The van der Waals surface area contributed by atoms with Gasteiger partial charge >= 0.3 is 0 Å². The number of hydrogen-bond donors (Lipinski definition) is 0. The summed E-state index contributed by atoms with van der Waals surface area (Å²) in [7, 11) is -3.48. The first-order valence-corrected chi connectivity index (χ1v) is 10.2. The molecule has 0 aliphatic rings. The SMILES string of the molecule is CCOc1ccc(-c2ncc(S(C)(=O)=O)c(-c3ccc(Cl)cc3)n2)cc1. The van der Waals surface area contributed by atoms with Gasteiger partial charge in [0.1, 0.15) is 10.6 Å². The topological polar surface area (TPSA) is 69.2 Å². The molecule has 0 spiro atoms. The first-order chi connectivity index (χ1) is 12.4. The minimum absolute atomic E-state index is 0.0782. The van der Waals surface area contributed by atoms with Crippen LogP contribution < -0.4 is 4.74 Å². The maximum absolute atomic E-state index is 12.1. The molecule has 0 saturated heterocycles. The molecule has 0 amide bonds. The molecule has 0 unspecified atom stereocenters. The molecule has 2 aromatic carbocycles. The summed E-state index contributed by atoms with van der Waals surface area (Å²) in [5.74, 6) is 1.19. The van der Waals surface area contributed by atoms with E-state index >= 15 is 0 Å². The van der Waals surface area contributed by atoms with Crippen molar-refractivity contribution in [3.63, 3.8) is 0 Å². The van der Waals surface area contributed by atoms with E-state index in [-0.39, 0.29) is 4.90 Å². The number of benzene rings is 2. The van der Waals surface area contributed by atoms with Crippen molar-refractivity contribution < 1.29 is 13.2 Å². The molecule has 0 atom stereocenters. The third kappa shape index (κ3) is 4.03. The predicted octanol–water partition coefficient (Wildman–Crippen LogP) is 4.27. The fourth-order valence-corrected chi connectivity index (χ4v) is 3.35. The Balaban J connectivity index is 2.11. The molecule has 7 heteroatoms. The van der Waals surface area contributed by atoms with Crippen LogP contribution in [0.4, 0.5) is 0 Å². The summed E-state index contributed by atoms with van der Waals surface area (Å²) in [6.45, 7) is 2.50. The molecule has 1 aromatic heterocycles. The van der Waals surface area contributed by atoms with E-state index in [4.69, 9.17) is 16.3 Å². The molecule has 0 N–H and O–H groups in total. The summed E-state index contributed by atoms with van der Waals surface area (Å²) in [5.41, 5.74) is 1.77.